The maximum Gasteiger partial charge on any atom is 0.355 e. The number of allylic oxidation sites excluding steroid dienone is 2. The molecule has 0 saturated carbocycles. The SMILES string of the molecule is COC(=O)C1=C(C(=O)OC)N(c2c(Br)cc(Br)cc2[N+](=O)[O-])C=CC=C1. The van der Waals surface area contributed by atoms with Crippen LogP contribution >= 0.6 is 31.9 Å². The highest BCUT2D eigenvalue weighted by atomic mass is 79.9. The smallest absolute Gasteiger partial charge is 0.355 e. The molecule has 8 nitrogen and oxygen atoms in total. The first-order chi connectivity index (χ1) is 12.3. The van der Waals surface area contributed by atoms with E-state index in [4.69, 9.17) is 9.47 Å². The van der Waals surface area contributed by atoms with Gasteiger partial charge in [0, 0.05) is 21.2 Å². The van der Waals surface area contributed by atoms with Crippen molar-refractivity contribution in [1.29, 1.82) is 0 Å². The highest BCUT2D eigenvalue weighted by Gasteiger charge is 2.32. The monoisotopic (exact) mass is 486 g/mol. The number of esters is 2. The predicted molar refractivity (Wildman–Crippen MR) is 100 cm³/mol. The van der Waals surface area contributed by atoms with Crippen LogP contribution < -0.4 is 4.90 Å². The van der Waals surface area contributed by atoms with Crippen LogP contribution in [0, 0.1) is 10.1 Å². The zero-order valence-corrected chi connectivity index (χ0v) is 16.7. The highest BCUT2D eigenvalue weighted by molar-refractivity contribution is 9.11. The van der Waals surface area contributed by atoms with Gasteiger partial charge < -0.3 is 14.4 Å². The van der Waals surface area contributed by atoms with Crippen molar-refractivity contribution in [2.24, 2.45) is 0 Å². The van der Waals surface area contributed by atoms with E-state index in [-0.39, 0.29) is 22.6 Å². The second-order valence-electron chi connectivity index (χ2n) is 4.83. The molecule has 136 valence electrons. The largest absolute Gasteiger partial charge is 0.465 e. The Morgan fingerprint density at radius 3 is 2.35 bits per heavy atom. The number of halogens is 2. The Kier molecular flexibility index (Phi) is 6.32. The number of methoxy groups -OCH3 is 2. The summed E-state index contributed by atoms with van der Waals surface area (Å²) in [6.45, 7) is 0. The molecule has 1 aliphatic rings. The molecule has 0 amide bonds. The number of hydrogen-bond donors (Lipinski definition) is 0. The highest BCUT2D eigenvalue weighted by Crippen LogP contribution is 2.41. The summed E-state index contributed by atoms with van der Waals surface area (Å²) in [5, 5.41) is 11.5. The first kappa shape index (κ1) is 19.9. The Hall–Kier alpha value is -2.46. The maximum atomic E-state index is 12.4. The van der Waals surface area contributed by atoms with E-state index in [0.717, 1.165) is 7.11 Å². The molecule has 2 rings (SSSR count). The van der Waals surface area contributed by atoms with Crippen molar-refractivity contribution >= 4 is 55.2 Å². The van der Waals surface area contributed by atoms with Crippen LogP contribution in [0.5, 0.6) is 0 Å². The van der Waals surface area contributed by atoms with Gasteiger partial charge in [-0.3, -0.25) is 10.1 Å². The maximum absolute atomic E-state index is 12.4. The first-order valence-corrected chi connectivity index (χ1v) is 8.58. The molecule has 26 heavy (non-hydrogen) atoms. The molecule has 1 heterocycles. The van der Waals surface area contributed by atoms with Crippen LogP contribution in [0.2, 0.25) is 0 Å². The summed E-state index contributed by atoms with van der Waals surface area (Å²) in [5.41, 5.74) is -0.549. The summed E-state index contributed by atoms with van der Waals surface area (Å²) >= 11 is 6.48. The number of nitro benzene ring substituents is 1. The van der Waals surface area contributed by atoms with Gasteiger partial charge in [-0.05, 0) is 34.1 Å². The summed E-state index contributed by atoms with van der Waals surface area (Å²) in [4.78, 5) is 36.7. The number of nitrogens with zero attached hydrogens (tertiary/aromatic N) is 2. The van der Waals surface area contributed by atoms with E-state index in [1.165, 1.54) is 42.5 Å². The minimum atomic E-state index is -0.856. The molecule has 0 atom stereocenters. The summed E-state index contributed by atoms with van der Waals surface area (Å²) in [7, 11) is 2.31. The molecule has 0 aromatic heterocycles. The Bertz CT molecular complexity index is 876. The van der Waals surface area contributed by atoms with Crippen molar-refractivity contribution in [1.82, 2.24) is 0 Å². The molecule has 0 N–H and O–H groups in total. The molecule has 0 saturated heterocycles. The van der Waals surface area contributed by atoms with Gasteiger partial charge in [-0.1, -0.05) is 22.0 Å². The lowest BCUT2D eigenvalue weighted by Gasteiger charge is -2.24. The van der Waals surface area contributed by atoms with Crippen LogP contribution in [0.3, 0.4) is 0 Å². The van der Waals surface area contributed by atoms with E-state index in [0.29, 0.717) is 8.95 Å². The topological polar surface area (TPSA) is 99.0 Å². The normalized spacial score (nSPS) is 13.5. The van der Waals surface area contributed by atoms with Crippen molar-refractivity contribution in [3.05, 3.63) is 66.9 Å². The average Bonchev–Trinajstić information content (AvgIpc) is 2.82. The molecule has 0 fully saturated rings. The van der Waals surface area contributed by atoms with Gasteiger partial charge >= 0.3 is 11.9 Å². The van der Waals surface area contributed by atoms with Gasteiger partial charge in [-0.2, -0.15) is 0 Å². The van der Waals surface area contributed by atoms with Crippen molar-refractivity contribution in [2.75, 3.05) is 19.1 Å². The van der Waals surface area contributed by atoms with Gasteiger partial charge in [0.05, 0.1) is 24.7 Å². The van der Waals surface area contributed by atoms with Crippen molar-refractivity contribution in [3.8, 4) is 0 Å². The third-order valence-corrected chi connectivity index (χ3v) is 4.40. The first-order valence-electron chi connectivity index (χ1n) is 7.00. The number of anilines is 1. The van der Waals surface area contributed by atoms with Crippen molar-refractivity contribution in [2.45, 2.75) is 0 Å². The fourth-order valence-electron chi connectivity index (χ4n) is 2.27. The molecule has 0 unspecified atom stereocenters. The number of benzene rings is 1. The van der Waals surface area contributed by atoms with E-state index < -0.39 is 16.9 Å². The Morgan fingerprint density at radius 1 is 1.12 bits per heavy atom. The molecule has 10 heteroatoms. The quantitative estimate of drug-likeness (QED) is 0.363. The number of carbonyl (C=O) groups is 2. The van der Waals surface area contributed by atoms with Crippen LogP contribution in [0.4, 0.5) is 11.4 Å². The third kappa shape index (κ3) is 3.86. The molecule has 1 aromatic rings. The van der Waals surface area contributed by atoms with Crippen LogP contribution in [0.25, 0.3) is 0 Å². The van der Waals surface area contributed by atoms with Crippen molar-refractivity contribution in [3.63, 3.8) is 0 Å². The van der Waals surface area contributed by atoms with Crippen LogP contribution in [-0.2, 0) is 19.1 Å². The van der Waals surface area contributed by atoms with Gasteiger partial charge in [0.15, 0.2) is 0 Å². The van der Waals surface area contributed by atoms with Crippen molar-refractivity contribution < 1.29 is 24.0 Å². The number of carbonyl (C=O) groups excluding carboxylic acids is 2. The standard InChI is InChI=1S/C16H12Br2N2O6/c1-25-15(21)10-5-3-4-6-19(13(10)16(22)26-2)14-11(18)7-9(17)8-12(14)20(23)24/h3-8H,1-2H3. The minimum Gasteiger partial charge on any atom is -0.465 e. The molecule has 0 bridgehead atoms. The van der Waals surface area contributed by atoms with Crippen LogP contribution in [0.15, 0.2) is 56.8 Å². The lowest BCUT2D eigenvalue weighted by atomic mass is 10.1. The summed E-state index contributed by atoms with van der Waals surface area (Å²) in [5.74, 6) is -1.64. The predicted octanol–water partition coefficient (Wildman–Crippen LogP) is 3.61. The molecular weight excluding hydrogens is 476 g/mol. The van der Waals surface area contributed by atoms with Crippen LogP contribution in [-0.4, -0.2) is 31.1 Å². The fraction of sp³-hybridized carbons (Fsp3) is 0.125. The summed E-state index contributed by atoms with van der Waals surface area (Å²) in [6.07, 6.45) is 5.82. The van der Waals surface area contributed by atoms with E-state index >= 15 is 0 Å². The number of hydrogen-bond acceptors (Lipinski definition) is 7. The minimum absolute atomic E-state index is 0.0555. The number of rotatable bonds is 4. The van der Waals surface area contributed by atoms with Gasteiger partial charge in [0.25, 0.3) is 5.69 Å². The van der Waals surface area contributed by atoms with E-state index in [9.17, 15) is 19.7 Å². The Labute approximate surface area is 165 Å². The van der Waals surface area contributed by atoms with E-state index in [1.54, 1.807) is 6.07 Å². The van der Waals surface area contributed by atoms with Gasteiger partial charge in [-0.15, -0.1) is 0 Å². The Morgan fingerprint density at radius 2 is 1.77 bits per heavy atom. The van der Waals surface area contributed by atoms with Gasteiger partial charge in [0.1, 0.15) is 11.4 Å². The summed E-state index contributed by atoms with van der Waals surface area (Å²) in [6, 6.07) is 2.88. The average molecular weight is 488 g/mol. The lowest BCUT2D eigenvalue weighted by molar-refractivity contribution is -0.384. The van der Waals surface area contributed by atoms with E-state index in [1.807, 2.05) is 0 Å². The molecule has 1 aliphatic heterocycles. The zero-order valence-electron chi connectivity index (χ0n) is 13.6. The zero-order chi connectivity index (χ0) is 19.4. The molecule has 0 radical (unpaired) electrons. The second-order valence-corrected chi connectivity index (χ2v) is 6.60. The number of nitro groups is 1. The fourth-order valence-corrected chi connectivity index (χ4v) is 3.66. The van der Waals surface area contributed by atoms with Gasteiger partial charge in [0.2, 0.25) is 0 Å². The lowest BCUT2D eigenvalue weighted by Crippen LogP contribution is -2.27. The summed E-state index contributed by atoms with van der Waals surface area (Å²) < 4.78 is 10.3. The third-order valence-electron chi connectivity index (χ3n) is 3.33. The second kappa shape index (κ2) is 8.28. The van der Waals surface area contributed by atoms with Crippen LogP contribution in [0.1, 0.15) is 0 Å². The van der Waals surface area contributed by atoms with Gasteiger partial charge in [-0.25, -0.2) is 9.59 Å². The molecule has 0 spiro atoms. The van der Waals surface area contributed by atoms with E-state index in [2.05, 4.69) is 31.9 Å². The molecule has 0 aliphatic carbocycles. The molecular formula is C16H12Br2N2O6. The molecule has 1 aromatic carbocycles. The number of ether oxygens (including phenoxy) is 2. The Balaban J connectivity index is 2.84.